The first-order valence-electron chi connectivity index (χ1n) is 5.09. The minimum absolute atomic E-state index is 0.778. The van der Waals surface area contributed by atoms with Gasteiger partial charge in [-0.2, -0.15) is 0 Å². The van der Waals surface area contributed by atoms with Gasteiger partial charge in [-0.1, -0.05) is 53.9 Å². The molecular formula is C15H11Cl. The van der Waals surface area contributed by atoms with E-state index in [9.17, 15) is 0 Å². The van der Waals surface area contributed by atoms with Gasteiger partial charge < -0.3 is 0 Å². The zero-order chi connectivity index (χ0) is 11.4. The minimum atomic E-state index is 0.778. The van der Waals surface area contributed by atoms with E-state index in [2.05, 4.69) is 5.92 Å². The smallest absolute Gasteiger partial charge is 0.0441 e. The lowest BCUT2D eigenvalue weighted by molar-refractivity contribution is 1.18. The molecule has 0 atom stereocenters. The molecule has 2 aromatic rings. The molecule has 0 saturated heterocycles. The van der Waals surface area contributed by atoms with Crippen molar-refractivity contribution in [2.75, 3.05) is 0 Å². The molecule has 0 unspecified atom stereocenters. The fourth-order valence-corrected chi connectivity index (χ4v) is 1.86. The fourth-order valence-electron chi connectivity index (χ4n) is 1.66. The van der Waals surface area contributed by atoms with Crippen molar-refractivity contribution in [3.05, 3.63) is 70.2 Å². The highest BCUT2D eigenvalue weighted by molar-refractivity contribution is 6.31. The molecule has 0 spiro atoms. The van der Waals surface area contributed by atoms with Crippen molar-refractivity contribution in [3.63, 3.8) is 0 Å². The molecule has 2 rings (SSSR count). The Labute approximate surface area is 101 Å². The van der Waals surface area contributed by atoms with Crippen molar-refractivity contribution in [1.82, 2.24) is 0 Å². The SMILES string of the molecule is C#Cc1ccccc1Cc1ccccc1Cl. The zero-order valence-electron chi connectivity index (χ0n) is 8.78. The van der Waals surface area contributed by atoms with Crippen molar-refractivity contribution in [3.8, 4) is 12.3 Å². The number of hydrogen-bond donors (Lipinski definition) is 0. The normalized spacial score (nSPS) is 9.75. The van der Waals surface area contributed by atoms with Crippen LogP contribution >= 0.6 is 11.6 Å². The van der Waals surface area contributed by atoms with E-state index in [-0.39, 0.29) is 0 Å². The molecule has 0 heterocycles. The quantitative estimate of drug-likeness (QED) is 0.681. The molecule has 0 aliphatic heterocycles. The van der Waals surface area contributed by atoms with Gasteiger partial charge in [0.25, 0.3) is 0 Å². The first-order valence-corrected chi connectivity index (χ1v) is 5.47. The molecule has 0 bridgehead atoms. The monoisotopic (exact) mass is 226 g/mol. The number of rotatable bonds is 2. The molecule has 78 valence electrons. The second kappa shape index (κ2) is 4.88. The first kappa shape index (κ1) is 10.8. The van der Waals surface area contributed by atoms with E-state index in [0.717, 1.165) is 28.1 Å². The predicted octanol–water partition coefficient (Wildman–Crippen LogP) is 3.91. The summed E-state index contributed by atoms with van der Waals surface area (Å²) < 4.78 is 0. The van der Waals surface area contributed by atoms with Gasteiger partial charge in [0.2, 0.25) is 0 Å². The standard InChI is InChI=1S/C15H11Cl/c1-2-12-7-3-4-8-13(12)11-14-9-5-6-10-15(14)16/h1,3-10H,11H2. The number of halogens is 1. The van der Waals surface area contributed by atoms with Gasteiger partial charge in [0.05, 0.1) is 0 Å². The summed E-state index contributed by atoms with van der Waals surface area (Å²) in [5.41, 5.74) is 3.17. The lowest BCUT2D eigenvalue weighted by Gasteiger charge is -2.06. The second-order valence-electron chi connectivity index (χ2n) is 3.57. The summed E-state index contributed by atoms with van der Waals surface area (Å²) in [6.07, 6.45) is 6.24. The molecule has 0 aliphatic carbocycles. The Hall–Kier alpha value is -1.71. The molecule has 0 saturated carbocycles. The average Bonchev–Trinajstić information content (AvgIpc) is 2.33. The molecule has 1 heteroatoms. The van der Waals surface area contributed by atoms with E-state index in [1.165, 1.54) is 0 Å². The summed E-state index contributed by atoms with van der Waals surface area (Å²) in [6, 6.07) is 15.8. The topological polar surface area (TPSA) is 0 Å². The second-order valence-corrected chi connectivity index (χ2v) is 3.98. The molecule has 0 nitrogen and oxygen atoms in total. The molecule has 2 aromatic carbocycles. The summed E-state index contributed by atoms with van der Waals surface area (Å²) in [5, 5.41) is 0.786. The summed E-state index contributed by atoms with van der Waals surface area (Å²) >= 11 is 6.12. The van der Waals surface area contributed by atoms with E-state index >= 15 is 0 Å². The van der Waals surface area contributed by atoms with E-state index < -0.39 is 0 Å². The number of hydrogen-bond acceptors (Lipinski definition) is 0. The molecular weight excluding hydrogens is 216 g/mol. The van der Waals surface area contributed by atoms with E-state index in [4.69, 9.17) is 18.0 Å². The Morgan fingerprint density at radius 1 is 0.938 bits per heavy atom. The summed E-state index contributed by atoms with van der Waals surface area (Å²) in [4.78, 5) is 0. The van der Waals surface area contributed by atoms with Crippen molar-refractivity contribution in [1.29, 1.82) is 0 Å². The average molecular weight is 227 g/mol. The predicted molar refractivity (Wildman–Crippen MR) is 68.6 cm³/mol. The van der Waals surface area contributed by atoms with Gasteiger partial charge in [-0.15, -0.1) is 6.42 Å². The molecule has 0 fully saturated rings. The lowest BCUT2D eigenvalue weighted by Crippen LogP contribution is -1.92. The van der Waals surface area contributed by atoms with Crippen LogP contribution in [0, 0.1) is 12.3 Å². The maximum atomic E-state index is 6.12. The Morgan fingerprint density at radius 3 is 2.25 bits per heavy atom. The Bertz CT molecular complexity index is 535. The van der Waals surface area contributed by atoms with Crippen LogP contribution in [0.5, 0.6) is 0 Å². The zero-order valence-corrected chi connectivity index (χ0v) is 9.54. The van der Waals surface area contributed by atoms with Crippen LogP contribution in [0.2, 0.25) is 5.02 Å². The van der Waals surface area contributed by atoms with Crippen LogP contribution in [0.1, 0.15) is 16.7 Å². The van der Waals surface area contributed by atoms with Crippen molar-refractivity contribution in [2.45, 2.75) is 6.42 Å². The molecule has 0 N–H and O–H groups in total. The maximum absolute atomic E-state index is 6.12. The van der Waals surface area contributed by atoms with Gasteiger partial charge in [0, 0.05) is 17.0 Å². The van der Waals surface area contributed by atoms with Crippen LogP contribution in [0.4, 0.5) is 0 Å². The Kier molecular flexibility index (Phi) is 3.29. The lowest BCUT2D eigenvalue weighted by atomic mass is 10.0. The van der Waals surface area contributed by atoms with Gasteiger partial charge in [-0.25, -0.2) is 0 Å². The van der Waals surface area contributed by atoms with Crippen LogP contribution in [0.25, 0.3) is 0 Å². The highest BCUT2D eigenvalue weighted by Gasteiger charge is 2.03. The summed E-state index contributed by atoms with van der Waals surface area (Å²) in [7, 11) is 0. The third-order valence-electron chi connectivity index (χ3n) is 2.51. The van der Waals surface area contributed by atoms with Crippen LogP contribution in [-0.2, 0) is 6.42 Å². The van der Waals surface area contributed by atoms with Crippen molar-refractivity contribution < 1.29 is 0 Å². The third kappa shape index (κ3) is 2.27. The van der Waals surface area contributed by atoms with Gasteiger partial charge in [-0.05, 0) is 23.3 Å². The van der Waals surface area contributed by atoms with Gasteiger partial charge >= 0.3 is 0 Å². The van der Waals surface area contributed by atoms with Gasteiger partial charge in [-0.3, -0.25) is 0 Å². The van der Waals surface area contributed by atoms with Crippen LogP contribution < -0.4 is 0 Å². The molecule has 16 heavy (non-hydrogen) atoms. The fraction of sp³-hybridized carbons (Fsp3) is 0.0667. The van der Waals surface area contributed by atoms with E-state index in [1.54, 1.807) is 0 Å². The maximum Gasteiger partial charge on any atom is 0.0441 e. The summed E-state index contributed by atoms with van der Waals surface area (Å²) in [6.45, 7) is 0. The first-order chi connectivity index (χ1) is 7.81. The number of benzene rings is 2. The third-order valence-corrected chi connectivity index (χ3v) is 2.88. The number of terminal acetylenes is 1. The van der Waals surface area contributed by atoms with E-state index in [0.29, 0.717) is 0 Å². The Morgan fingerprint density at radius 2 is 1.56 bits per heavy atom. The summed E-state index contributed by atoms with van der Waals surface area (Å²) in [5.74, 6) is 2.69. The minimum Gasteiger partial charge on any atom is -0.115 e. The van der Waals surface area contributed by atoms with Gasteiger partial charge in [0.1, 0.15) is 0 Å². The highest BCUT2D eigenvalue weighted by atomic mass is 35.5. The highest BCUT2D eigenvalue weighted by Crippen LogP contribution is 2.20. The molecule has 0 amide bonds. The van der Waals surface area contributed by atoms with Crippen molar-refractivity contribution >= 4 is 11.6 Å². The van der Waals surface area contributed by atoms with Crippen LogP contribution in [-0.4, -0.2) is 0 Å². The Balaban J connectivity index is 2.35. The van der Waals surface area contributed by atoms with Gasteiger partial charge in [0.15, 0.2) is 0 Å². The van der Waals surface area contributed by atoms with E-state index in [1.807, 2.05) is 48.5 Å². The van der Waals surface area contributed by atoms with Crippen molar-refractivity contribution in [2.24, 2.45) is 0 Å². The molecule has 0 radical (unpaired) electrons. The molecule has 0 aliphatic rings. The van der Waals surface area contributed by atoms with Crippen LogP contribution in [0.15, 0.2) is 48.5 Å². The largest absolute Gasteiger partial charge is 0.115 e. The van der Waals surface area contributed by atoms with Crippen LogP contribution in [0.3, 0.4) is 0 Å². The molecule has 0 aromatic heterocycles.